The SMILES string of the molecule is CCOc1ccc(NC(=O)C2CCCC2N)cc1OC. The molecule has 0 spiro atoms. The fraction of sp³-hybridized carbons (Fsp3) is 0.533. The number of hydrogen-bond donors (Lipinski definition) is 2. The Morgan fingerprint density at radius 2 is 2.20 bits per heavy atom. The quantitative estimate of drug-likeness (QED) is 0.865. The molecule has 2 rings (SSSR count). The van der Waals surface area contributed by atoms with Gasteiger partial charge in [-0.2, -0.15) is 0 Å². The number of carbonyl (C=O) groups excluding carboxylic acids is 1. The number of nitrogens with one attached hydrogen (secondary N) is 1. The van der Waals surface area contributed by atoms with Crippen molar-refractivity contribution in [3.05, 3.63) is 18.2 Å². The average molecular weight is 278 g/mol. The first-order valence-electron chi connectivity index (χ1n) is 7.03. The molecule has 0 aromatic heterocycles. The van der Waals surface area contributed by atoms with Crippen molar-refractivity contribution in [1.82, 2.24) is 0 Å². The van der Waals surface area contributed by atoms with E-state index in [4.69, 9.17) is 15.2 Å². The molecule has 1 aromatic rings. The largest absolute Gasteiger partial charge is 0.493 e. The van der Waals surface area contributed by atoms with Gasteiger partial charge in [-0.25, -0.2) is 0 Å². The van der Waals surface area contributed by atoms with Crippen molar-refractivity contribution in [1.29, 1.82) is 0 Å². The third-order valence-electron chi connectivity index (χ3n) is 3.64. The number of carbonyl (C=O) groups is 1. The van der Waals surface area contributed by atoms with Crippen molar-refractivity contribution < 1.29 is 14.3 Å². The number of amides is 1. The molecular formula is C15H22N2O3. The van der Waals surface area contributed by atoms with E-state index in [1.54, 1.807) is 19.2 Å². The highest BCUT2D eigenvalue weighted by molar-refractivity contribution is 5.93. The highest BCUT2D eigenvalue weighted by atomic mass is 16.5. The molecule has 0 saturated heterocycles. The summed E-state index contributed by atoms with van der Waals surface area (Å²) in [5, 5.41) is 2.90. The van der Waals surface area contributed by atoms with Crippen LogP contribution < -0.4 is 20.5 Å². The summed E-state index contributed by atoms with van der Waals surface area (Å²) in [6.45, 7) is 2.48. The maximum absolute atomic E-state index is 12.2. The van der Waals surface area contributed by atoms with Gasteiger partial charge in [0.05, 0.1) is 19.6 Å². The van der Waals surface area contributed by atoms with Crippen molar-refractivity contribution in [3.8, 4) is 11.5 Å². The maximum Gasteiger partial charge on any atom is 0.229 e. The molecule has 1 amide bonds. The van der Waals surface area contributed by atoms with Crippen molar-refractivity contribution >= 4 is 11.6 Å². The summed E-state index contributed by atoms with van der Waals surface area (Å²) in [6.07, 6.45) is 2.80. The van der Waals surface area contributed by atoms with E-state index in [9.17, 15) is 4.79 Å². The Balaban J connectivity index is 2.07. The smallest absolute Gasteiger partial charge is 0.229 e. The van der Waals surface area contributed by atoms with Gasteiger partial charge in [0, 0.05) is 17.8 Å². The first kappa shape index (κ1) is 14.7. The summed E-state index contributed by atoms with van der Waals surface area (Å²) in [4.78, 5) is 12.2. The zero-order valence-electron chi connectivity index (χ0n) is 12.0. The topological polar surface area (TPSA) is 73.6 Å². The first-order valence-corrected chi connectivity index (χ1v) is 7.03. The van der Waals surface area contributed by atoms with E-state index in [2.05, 4.69) is 5.32 Å². The van der Waals surface area contributed by atoms with Gasteiger partial charge >= 0.3 is 0 Å². The molecule has 0 aliphatic heterocycles. The lowest BCUT2D eigenvalue weighted by atomic mass is 10.0. The zero-order valence-corrected chi connectivity index (χ0v) is 12.0. The Kier molecular flexibility index (Phi) is 4.84. The monoisotopic (exact) mass is 278 g/mol. The lowest BCUT2D eigenvalue weighted by Gasteiger charge is -2.16. The van der Waals surface area contributed by atoms with E-state index in [-0.39, 0.29) is 17.9 Å². The molecule has 20 heavy (non-hydrogen) atoms. The number of hydrogen-bond acceptors (Lipinski definition) is 4. The Labute approximate surface area is 119 Å². The summed E-state index contributed by atoms with van der Waals surface area (Å²) < 4.78 is 10.7. The Hall–Kier alpha value is -1.75. The summed E-state index contributed by atoms with van der Waals surface area (Å²) in [6, 6.07) is 5.35. The molecule has 3 N–H and O–H groups in total. The number of methoxy groups -OCH3 is 1. The van der Waals surface area contributed by atoms with Crippen LogP contribution in [0.1, 0.15) is 26.2 Å². The highest BCUT2D eigenvalue weighted by Crippen LogP contribution is 2.31. The van der Waals surface area contributed by atoms with Gasteiger partial charge in [-0.15, -0.1) is 0 Å². The minimum atomic E-state index is -0.0902. The molecule has 1 fully saturated rings. The van der Waals surface area contributed by atoms with Crippen LogP contribution in [-0.4, -0.2) is 25.7 Å². The Morgan fingerprint density at radius 1 is 1.40 bits per heavy atom. The van der Waals surface area contributed by atoms with Gasteiger partial charge in [0.2, 0.25) is 5.91 Å². The van der Waals surface area contributed by atoms with Crippen LogP contribution in [0.2, 0.25) is 0 Å². The third-order valence-corrected chi connectivity index (χ3v) is 3.64. The first-order chi connectivity index (χ1) is 9.65. The van der Waals surface area contributed by atoms with Crippen LogP contribution in [0.3, 0.4) is 0 Å². The van der Waals surface area contributed by atoms with Crippen LogP contribution in [0.5, 0.6) is 11.5 Å². The second-order valence-electron chi connectivity index (χ2n) is 4.99. The van der Waals surface area contributed by atoms with Crippen LogP contribution in [0.15, 0.2) is 18.2 Å². The van der Waals surface area contributed by atoms with E-state index in [1.807, 2.05) is 13.0 Å². The normalized spacial score (nSPS) is 21.6. The van der Waals surface area contributed by atoms with E-state index < -0.39 is 0 Å². The van der Waals surface area contributed by atoms with Crippen molar-refractivity contribution in [2.24, 2.45) is 11.7 Å². The van der Waals surface area contributed by atoms with Crippen LogP contribution in [-0.2, 0) is 4.79 Å². The molecule has 0 radical (unpaired) electrons. The molecule has 1 aliphatic rings. The summed E-state index contributed by atoms with van der Waals surface area (Å²) in [5.74, 6) is 1.18. The minimum Gasteiger partial charge on any atom is -0.493 e. The van der Waals surface area contributed by atoms with Crippen molar-refractivity contribution in [2.75, 3.05) is 19.0 Å². The molecule has 2 atom stereocenters. The fourth-order valence-electron chi connectivity index (χ4n) is 2.57. The van der Waals surface area contributed by atoms with E-state index in [1.165, 1.54) is 0 Å². The summed E-state index contributed by atoms with van der Waals surface area (Å²) in [7, 11) is 1.58. The van der Waals surface area contributed by atoms with E-state index in [0.717, 1.165) is 19.3 Å². The molecule has 5 heteroatoms. The van der Waals surface area contributed by atoms with Gasteiger partial charge in [-0.3, -0.25) is 4.79 Å². The molecule has 110 valence electrons. The van der Waals surface area contributed by atoms with Gasteiger partial charge in [-0.05, 0) is 31.9 Å². The number of benzene rings is 1. The van der Waals surface area contributed by atoms with Crippen molar-refractivity contribution in [2.45, 2.75) is 32.2 Å². The van der Waals surface area contributed by atoms with Gasteiger partial charge in [0.15, 0.2) is 11.5 Å². The molecule has 0 heterocycles. The number of rotatable bonds is 5. The molecule has 1 aromatic carbocycles. The number of ether oxygens (including phenoxy) is 2. The second kappa shape index (κ2) is 6.61. The van der Waals surface area contributed by atoms with Crippen LogP contribution in [0.25, 0.3) is 0 Å². The van der Waals surface area contributed by atoms with Crippen LogP contribution in [0.4, 0.5) is 5.69 Å². The lowest BCUT2D eigenvalue weighted by molar-refractivity contribution is -0.120. The third kappa shape index (κ3) is 3.22. The van der Waals surface area contributed by atoms with E-state index >= 15 is 0 Å². The van der Waals surface area contributed by atoms with Gasteiger partial charge in [0.25, 0.3) is 0 Å². The summed E-state index contributed by atoms with van der Waals surface area (Å²) >= 11 is 0. The van der Waals surface area contributed by atoms with Crippen molar-refractivity contribution in [3.63, 3.8) is 0 Å². The van der Waals surface area contributed by atoms with Gasteiger partial charge in [-0.1, -0.05) is 6.42 Å². The number of nitrogens with two attached hydrogens (primary N) is 1. The zero-order chi connectivity index (χ0) is 14.5. The Morgan fingerprint density at radius 3 is 2.80 bits per heavy atom. The fourth-order valence-corrected chi connectivity index (χ4v) is 2.57. The second-order valence-corrected chi connectivity index (χ2v) is 4.99. The van der Waals surface area contributed by atoms with Gasteiger partial charge in [0.1, 0.15) is 0 Å². The molecule has 2 unspecified atom stereocenters. The van der Waals surface area contributed by atoms with Gasteiger partial charge < -0.3 is 20.5 Å². The molecule has 1 aliphatic carbocycles. The average Bonchev–Trinajstić information content (AvgIpc) is 2.87. The number of anilines is 1. The van der Waals surface area contributed by atoms with Crippen LogP contribution in [0, 0.1) is 5.92 Å². The standard InChI is InChI=1S/C15H22N2O3/c1-3-20-13-8-7-10(9-14(13)19-2)17-15(18)11-5-4-6-12(11)16/h7-9,11-12H,3-6,16H2,1-2H3,(H,17,18). The minimum absolute atomic E-state index is 0.0128. The molecule has 5 nitrogen and oxygen atoms in total. The highest BCUT2D eigenvalue weighted by Gasteiger charge is 2.30. The maximum atomic E-state index is 12.2. The molecule has 1 saturated carbocycles. The van der Waals surface area contributed by atoms with E-state index in [0.29, 0.717) is 23.8 Å². The molecular weight excluding hydrogens is 256 g/mol. The predicted molar refractivity (Wildman–Crippen MR) is 78.1 cm³/mol. The molecule has 0 bridgehead atoms. The summed E-state index contributed by atoms with van der Waals surface area (Å²) in [5.41, 5.74) is 6.65. The Bertz CT molecular complexity index is 476. The van der Waals surface area contributed by atoms with Crippen LogP contribution >= 0.6 is 0 Å². The predicted octanol–water partition coefficient (Wildman–Crippen LogP) is 2.16. The lowest BCUT2D eigenvalue weighted by Crippen LogP contribution is -2.34.